The van der Waals surface area contributed by atoms with Crippen molar-refractivity contribution in [3.8, 4) is 0 Å². The Morgan fingerprint density at radius 3 is 2.21 bits per heavy atom. The zero-order valence-corrected chi connectivity index (χ0v) is 9.71. The Kier molecular flexibility index (Phi) is 9.29. The van der Waals surface area contributed by atoms with Gasteiger partial charge in [-0.3, -0.25) is 0 Å². The molecule has 0 aromatic carbocycles. The van der Waals surface area contributed by atoms with Gasteiger partial charge in [0.2, 0.25) is 0 Å². The monoisotopic (exact) mass is 205 g/mol. The molecule has 0 aromatic rings. The van der Waals surface area contributed by atoms with E-state index in [4.69, 9.17) is 14.2 Å². The van der Waals surface area contributed by atoms with Crippen molar-refractivity contribution < 1.29 is 14.2 Å². The van der Waals surface area contributed by atoms with Crippen LogP contribution in [-0.2, 0) is 14.2 Å². The molecule has 86 valence electrons. The van der Waals surface area contributed by atoms with Crippen LogP contribution in [0.3, 0.4) is 0 Å². The summed E-state index contributed by atoms with van der Waals surface area (Å²) in [4.78, 5) is 0. The second kappa shape index (κ2) is 9.40. The lowest BCUT2D eigenvalue weighted by Gasteiger charge is -2.20. The normalized spacial score (nSPS) is 13.5. The summed E-state index contributed by atoms with van der Waals surface area (Å²) in [5.41, 5.74) is 0. The van der Waals surface area contributed by atoms with Gasteiger partial charge in [0, 0.05) is 20.3 Å². The minimum absolute atomic E-state index is 0.261. The lowest BCUT2D eigenvalue weighted by molar-refractivity contribution is 0.0400. The lowest BCUT2D eigenvalue weighted by atomic mass is 10.3. The van der Waals surface area contributed by atoms with E-state index in [1.54, 1.807) is 14.2 Å². The maximum absolute atomic E-state index is 5.42. The molecule has 0 spiro atoms. The Morgan fingerprint density at radius 1 is 1.00 bits per heavy atom. The predicted octanol–water partition coefficient (Wildman–Crippen LogP) is 0.662. The van der Waals surface area contributed by atoms with Crippen LogP contribution in [0, 0.1) is 0 Å². The fourth-order valence-corrected chi connectivity index (χ4v) is 1.18. The Labute approximate surface area is 86.9 Å². The van der Waals surface area contributed by atoms with E-state index in [0.29, 0.717) is 32.5 Å². The van der Waals surface area contributed by atoms with Gasteiger partial charge >= 0.3 is 0 Å². The van der Waals surface area contributed by atoms with Crippen LogP contribution in [0.2, 0.25) is 0 Å². The first-order valence-corrected chi connectivity index (χ1v) is 5.02. The molecule has 0 aliphatic heterocycles. The van der Waals surface area contributed by atoms with Crippen molar-refractivity contribution in [3.63, 3.8) is 0 Å². The highest BCUT2D eigenvalue weighted by Crippen LogP contribution is 1.91. The molecule has 4 heteroatoms. The summed E-state index contributed by atoms with van der Waals surface area (Å²) in [5, 5.41) is 3.37. The van der Waals surface area contributed by atoms with E-state index in [1.165, 1.54) is 0 Å². The number of nitrogens with one attached hydrogen (secondary N) is 1. The van der Waals surface area contributed by atoms with Crippen LogP contribution in [0.5, 0.6) is 0 Å². The summed E-state index contributed by atoms with van der Waals surface area (Å²) < 4.78 is 15.4. The van der Waals surface area contributed by atoms with Crippen LogP contribution in [0.15, 0.2) is 0 Å². The first-order chi connectivity index (χ1) is 6.70. The summed E-state index contributed by atoms with van der Waals surface area (Å²) in [6.07, 6.45) is 0. The van der Waals surface area contributed by atoms with Gasteiger partial charge in [0.15, 0.2) is 0 Å². The van der Waals surface area contributed by atoms with Crippen LogP contribution in [0.1, 0.15) is 13.8 Å². The fourth-order valence-electron chi connectivity index (χ4n) is 1.18. The number of hydrogen-bond acceptors (Lipinski definition) is 4. The topological polar surface area (TPSA) is 39.7 Å². The van der Waals surface area contributed by atoms with E-state index >= 15 is 0 Å². The average Bonchev–Trinajstić information content (AvgIpc) is 2.12. The molecule has 14 heavy (non-hydrogen) atoms. The van der Waals surface area contributed by atoms with Gasteiger partial charge in [-0.25, -0.2) is 0 Å². The molecule has 0 rings (SSSR count). The van der Waals surface area contributed by atoms with Gasteiger partial charge < -0.3 is 19.5 Å². The van der Waals surface area contributed by atoms with Crippen molar-refractivity contribution in [2.24, 2.45) is 0 Å². The summed E-state index contributed by atoms with van der Waals surface area (Å²) in [6.45, 7) is 6.83. The van der Waals surface area contributed by atoms with Gasteiger partial charge in [-0.05, 0) is 0 Å². The molecule has 4 nitrogen and oxygen atoms in total. The molecular weight excluding hydrogens is 182 g/mol. The minimum atomic E-state index is 0.261. The van der Waals surface area contributed by atoms with Gasteiger partial charge in [0.05, 0.1) is 32.5 Å². The molecule has 0 heterocycles. The Balaban J connectivity index is 3.51. The van der Waals surface area contributed by atoms with E-state index in [0.717, 1.165) is 0 Å². The number of hydrogen-bond donors (Lipinski definition) is 1. The van der Waals surface area contributed by atoms with Crippen LogP contribution in [0.25, 0.3) is 0 Å². The highest BCUT2D eigenvalue weighted by atomic mass is 16.5. The zero-order valence-electron chi connectivity index (χ0n) is 9.71. The first kappa shape index (κ1) is 13.8. The molecule has 0 saturated carbocycles. The Bertz CT molecular complexity index is 120. The SMILES string of the molecule is COCCOCC(COC)NC(C)C. The largest absolute Gasteiger partial charge is 0.383 e. The second-order valence-electron chi connectivity index (χ2n) is 3.54. The lowest BCUT2D eigenvalue weighted by Crippen LogP contribution is -2.41. The molecule has 0 amide bonds. The molecule has 0 aliphatic rings. The molecule has 1 N–H and O–H groups in total. The molecule has 0 aliphatic carbocycles. The maximum Gasteiger partial charge on any atom is 0.0701 e. The van der Waals surface area contributed by atoms with Gasteiger partial charge in [0.1, 0.15) is 0 Å². The van der Waals surface area contributed by atoms with Crippen molar-refractivity contribution in [1.82, 2.24) is 5.32 Å². The Hall–Kier alpha value is -0.160. The van der Waals surface area contributed by atoms with Crippen LogP contribution >= 0.6 is 0 Å². The fraction of sp³-hybridized carbons (Fsp3) is 1.00. The average molecular weight is 205 g/mol. The second-order valence-corrected chi connectivity index (χ2v) is 3.54. The van der Waals surface area contributed by atoms with E-state index in [1.807, 2.05) is 0 Å². The summed E-state index contributed by atoms with van der Waals surface area (Å²) in [6, 6.07) is 0.707. The molecule has 0 radical (unpaired) electrons. The molecule has 0 aromatic heterocycles. The van der Waals surface area contributed by atoms with Crippen molar-refractivity contribution in [1.29, 1.82) is 0 Å². The third-order valence-electron chi connectivity index (χ3n) is 1.69. The highest BCUT2D eigenvalue weighted by Gasteiger charge is 2.09. The standard InChI is InChI=1S/C10H23NO3/c1-9(2)11-10(7-13-4)8-14-6-5-12-3/h9-11H,5-8H2,1-4H3. The van der Waals surface area contributed by atoms with Gasteiger partial charge in [-0.2, -0.15) is 0 Å². The van der Waals surface area contributed by atoms with Crippen molar-refractivity contribution in [2.45, 2.75) is 25.9 Å². The molecule has 0 bridgehead atoms. The molecule has 1 atom stereocenters. The highest BCUT2D eigenvalue weighted by molar-refractivity contribution is 4.67. The minimum Gasteiger partial charge on any atom is -0.383 e. The van der Waals surface area contributed by atoms with Crippen LogP contribution in [0.4, 0.5) is 0 Å². The zero-order chi connectivity index (χ0) is 10.8. The van der Waals surface area contributed by atoms with Crippen LogP contribution < -0.4 is 5.32 Å². The smallest absolute Gasteiger partial charge is 0.0701 e. The molecule has 0 fully saturated rings. The summed E-state index contributed by atoms with van der Waals surface area (Å²) >= 11 is 0. The number of ether oxygens (including phenoxy) is 3. The van der Waals surface area contributed by atoms with E-state index in [-0.39, 0.29) is 6.04 Å². The molecular formula is C10H23NO3. The third-order valence-corrected chi connectivity index (χ3v) is 1.69. The summed E-state index contributed by atoms with van der Waals surface area (Å²) in [7, 11) is 3.37. The van der Waals surface area contributed by atoms with Crippen molar-refractivity contribution in [3.05, 3.63) is 0 Å². The number of rotatable bonds is 9. The first-order valence-electron chi connectivity index (χ1n) is 5.02. The molecule has 1 unspecified atom stereocenters. The molecule has 0 saturated heterocycles. The summed E-state index contributed by atoms with van der Waals surface area (Å²) in [5.74, 6) is 0. The van der Waals surface area contributed by atoms with Gasteiger partial charge in [0.25, 0.3) is 0 Å². The maximum atomic E-state index is 5.42. The van der Waals surface area contributed by atoms with Crippen molar-refractivity contribution >= 4 is 0 Å². The van der Waals surface area contributed by atoms with Gasteiger partial charge in [-0.1, -0.05) is 13.8 Å². The van der Waals surface area contributed by atoms with Crippen LogP contribution in [-0.4, -0.2) is 52.7 Å². The predicted molar refractivity (Wildman–Crippen MR) is 56.6 cm³/mol. The van der Waals surface area contributed by atoms with E-state index in [9.17, 15) is 0 Å². The van der Waals surface area contributed by atoms with Gasteiger partial charge in [-0.15, -0.1) is 0 Å². The van der Waals surface area contributed by atoms with E-state index in [2.05, 4.69) is 19.2 Å². The quantitative estimate of drug-likeness (QED) is 0.561. The third kappa shape index (κ3) is 8.44. The van der Waals surface area contributed by atoms with Crippen molar-refractivity contribution in [2.75, 3.05) is 40.6 Å². The number of methoxy groups -OCH3 is 2. The van der Waals surface area contributed by atoms with E-state index < -0.39 is 0 Å². The Morgan fingerprint density at radius 2 is 1.71 bits per heavy atom.